The normalized spacial score (nSPS) is 14.7. The molecule has 0 saturated carbocycles. The van der Waals surface area contributed by atoms with Gasteiger partial charge in [-0.1, -0.05) is 36.4 Å². The molecule has 0 fully saturated rings. The van der Waals surface area contributed by atoms with Crippen LogP contribution in [0.4, 0.5) is 24.5 Å². The molecule has 192 valence electrons. The molecule has 3 aromatic carbocycles. The number of nitrogens with one attached hydrogen (secondary N) is 2. The van der Waals surface area contributed by atoms with E-state index in [1.165, 1.54) is 12.1 Å². The van der Waals surface area contributed by atoms with Gasteiger partial charge in [0.05, 0.1) is 29.4 Å². The summed E-state index contributed by atoms with van der Waals surface area (Å²) in [6, 6.07) is 19.7. The van der Waals surface area contributed by atoms with Crippen LogP contribution in [-0.4, -0.2) is 16.7 Å². The Bertz CT molecular complexity index is 1520. The van der Waals surface area contributed by atoms with Crippen molar-refractivity contribution in [1.82, 2.24) is 10.3 Å². The summed E-state index contributed by atoms with van der Waals surface area (Å²) in [5.41, 5.74) is 9.76. The summed E-state index contributed by atoms with van der Waals surface area (Å²) in [5, 5.41) is 6.08. The lowest BCUT2D eigenvalue weighted by atomic mass is 9.97. The summed E-state index contributed by atoms with van der Waals surface area (Å²) in [5.74, 6) is -0.457. The number of pyridine rings is 1. The maximum atomic E-state index is 13.2. The first-order valence-corrected chi connectivity index (χ1v) is 11.9. The largest absolute Gasteiger partial charge is 0.416 e. The number of anilines is 2. The maximum Gasteiger partial charge on any atom is 0.416 e. The lowest BCUT2D eigenvalue weighted by molar-refractivity contribution is -0.137. The highest BCUT2D eigenvalue weighted by atomic mass is 19.4. The molecule has 0 spiro atoms. The van der Waals surface area contributed by atoms with Gasteiger partial charge in [0, 0.05) is 24.0 Å². The summed E-state index contributed by atoms with van der Waals surface area (Å²) in [7, 11) is 0. The molecule has 1 atom stereocenters. The van der Waals surface area contributed by atoms with Gasteiger partial charge in [0.15, 0.2) is 5.78 Å². The van der Waals surface area contributed by atoms with E-state index in [0.29, 0.717) is 40.3 Å². The number of carbonyl (C=O) groups excluding carboxylic acids is 2. The molecule has 5 rings (SSSR count). The van der Waals surface area contributed by atoms with Crippen LogP contribution in [0.5, 0.6) is 0 Å². The molecule has 4 aromatic rings. The summed E-state index contributed by atoms with van der Waals surface area (Å²) < 4.78 is 38.9. The highest BCUT2D eigenvalue weighted by Crippen LogP contribution is 2.33. The Hall–Kier alpha value is -4.50. The number of hydrogen-bond acceptors (Lipinski definition) is 5. The van der Waals surface area contributed by atoms with Gasteiger partial charge < -0.3 is 11.1 Å². The van der Waals surface area contributed by atoms with Crippen molar-refractivity contribution in [3.05, 3.63) is 113 Å². The summed E-state index contributed by atoms with van der Waals surface area (Å²) >= 11 is 0. The third kappa shape index (κ3) is 5.14. The smallest absolute Gasteiger partial charge is 0.397 e. The molecule has 1 aromatic heterocycles. The number of ketones is 1. The molecule has 1 amide bonds. The zero-order valence-corrected chi connectivity index (χ0v) is 20.0. The minimum atomic E-state index is -4.44. The Balaban J connectivity index is 1.32. The third-order valence-electron chi connectivity index (χ3n) is 6.49. The van der Waals surface area contributed by atoms with Crippen molar-refractivity contribution in [1.29, 1.82) is 0 Å². The molecule has 4 N–H and O–H groups in total. The summed E-state index contributed by atoms with van der Waals surface area (Å²) in [4.78, 5) is 30.3. The number of aromatic nitrogens is 1. The van der Waals surface area contributed by atoms with E-state index in [1.54, 1.807) is 54.7 Å². The molecule has 0 radical (unpaired) electrons. The van der Waals surface area contributed by atoms with Gasteiger partial charge in [0.2, 0.25) is 0 Å². The molecule has 2 heterocycles. The first-order valence-electron chi connectivity index (χ1n) is 11.9. The number of nitrogen functional groups attached to an aromatic ring is 1. The second-order valence-electron chi connectivity index (χ2n) is 8.98. The lowest BCUT2D eigenvalue weighted by Gasteiger charge is -2.14. The molecule has 1 aliphatic heterocycles. The first-order chi connectivity index (χ1) is 18.2. The van der Waals surface area contributed by atoms with Crippen LogP contribution in [0.3, 0.4) is 0 Å². The molecule has 6 nitrogen and oxygen atoms in total. The fraction of sp³-hybridized carbons (Fsp3) is 0.138. The molecule has 0 aliphatic carbocycles. The van der Waals surface area contributed by atoms with Crippen molar-refractivity contribution >= 4 is 23.1 Å². The van der Waals surface area contributed by atoms with Gasteiger partial charge in [-0.05, 0) is 64.7 Å². The van der Waals surface area contributed by atoms with Gasteiger partial charge in [-0.3, -0.25) is 19.9 Å². The first kappa shape index (κ1) is 25.2. The Kier molecular flexibility index (Phi) is 6.69. The Morgan fingerprint density at radius 1 is 1.00 bits per heavy atom. The Labute approximate surface area is 216 Å². The second-order valence-corrected chi connectivity index (χ2v) is 8.98. The number of hydrogen-bond donors (Lipinski definition) is 3. The number of carbonyl (C=O) groups is 2. The van der Waals surface area contributed by atoms with E-state index in [9.17, 15) is 22.8 Å². The van der Waals surface area contributed by atoms with E-state index >= 15 is 0 Å². The minimum Gasteiger partial charge on any atom is -0.397 e. The van der Waals surface area contributed by atoms with Gasteiger partial charge in [0.25, 0.3) is 5.91 Å². The topological polar surface area (TPSA) is 97.1 Å². The van der Waals surface area contributed by atoms with Gasteiger partial charge in [-0.25, -0.2) is 0 Å². The average molecular weight is 517 g/mol. The van der Waals surface area contributed by atoms with E-state index in [0.717, 1.165) is 23.3 Å². The van der Waals surface area contributed by atoms with Crippen LogP contribution in [0.2, 0.25) is 0 Å². The van der Waals surface area contributed by atoms with Crippen LogP contribution in [0, 0.1) is 0 Å². The number of benzene rings is 3. The van der Waals surface area contributed by atoms with Gasteiger partial charge in [0.1, 0.15) is 0 Å². The second kappa shape index (κ2) is 10.1. The predicted molar refractivity (Wildman–Crippen MR) is 138 cm³/mol. The highest BCUT2D eigenvalue weighted by molar-refractivity contribution is 6.08. The minimum absolute atomic E-state index is 0.0589. The zero-order valence-electron chi connectivity index (χ0n) is 20.0. The number of Topliss-reactive ketones (excluding diaryl/α,β-unsaturated/α-hetero) is 1. The quantitative estimate of drug-likeness (QED) is 0.312. The van der Waals surface area contributed by atoms with Crippen molar-refractivity contribution in [3.63, 3.8) is 0 Å². The van der Waals surface area contributed by atoms with Crippen molar-refractivity contribution in [2.45, 2.75) is 25.2 Å². The van der Waals surface area contributed by atoms with Crippen LogP contribution in [0.25, 0.3) is 11.1 Å². The number of nitrogens with two attached hydrogens (primary N) is 1. The molecule has 9 heteroatoms. The molecular formula is C29H23F3N4O2. The number of halogens is 3. The van der Waals surface area contributed by atoms with Crippen molar-refractivity contribution in [2.75, 3.05) is 11.1 Å². The van der Waals surface area contributed by atoms with E-state index in [2.05, 4.69) is 15.6 Å². The molecular weight excluding hydrogens is 493 g/mol. The highest BCUT2D eigenvalue weighted by Gasteiger charge is 2.30. The fourth-order valence-electron chi connectivity index (χ4n) is 4.56. The predicted octanol–water partition coefficient (Wildman–Crippen LogP) is 5.56. The van der Waals surface area contributed by atoms with Crippen LogP contribution in [0.1, 0.15) is 38.8 Å². The SMILES string of the molecule is Nc1cccnc1CC(=O)C1NCc2cc(NC(=O)c3ccccc3-c3ccc(C(F)(F)F)cc3)ccc21. The average Bonchev–Trinajstić information content (AvgIpc) is 3.33. The van der Waals surface area contributed by atoms with Crippen LogP contribution in [0.15, 0.2) is 85.1 Å². The fourth-order valence-corrected chi connectivity index (χ4v) is 4.56. The van der Waals surface area contributed by atoms with Crippen molar-refractivity contribution < 1.29 is 22.8 Å². The summed E-state index contributed by atoms with van der Waals surface area (Å²) in [6.07, 6.45) is -2.74. The van der Waals surface area contributed by atoms with Crippen LogP contribution in [-0.2, 0) is 23.9 Å². The van der Waals surface area contributed by atoms with Crippen LogP contribution < -0.4 is 16.4 Å². The van der Waals surface area contributed by atoms with Crippen LogP contribution >= 0.6 is 0 Å². The third-order valence-corrected chi connectivity index (χ3v) is 6.49. The number of rotatable bonds is 6. The van der Waals surface area contributed by atoms with Gasteiger partial charge in [-0.2, -0.15) is 13.2 Å². The molecule has 38 heavy (non-hydrogen) atoms. The maximum absolute atomic E-state index is 13.2. The van der Waals surface area contributed by atoms with E-state index in [4.69, 9.17) is 5.73 Å². The van der Waals surface area contributed by atoms with Gasteiger partial charge in [-0.15, -0.1) is 0 Å². The van der Waals surface area contributed by atoms with Crippen molar-refractivity contribution in [3.8, 4) is 11.1 Å². The monoisotopic (exact) mass is 516 g/mol. The Morgan fingerprint density at radius 3 is 2.50 bits per heavy atom. The number of nitrogens with zero attached hydrogens (tertiary/aromatic N) is 1. The molecule has 1 aliphatic rings. The van der Waals surface area contributed by atoms with Crippen molar-refractivity contribution in [2.24, 2.45) is 0 Å². The van der Waals surface area contributed by atoms with E-state index in [1.807, 2.05) is 6.07 Å². The molecule has 0 saturated heterocycles. The number of alkyl halides is 3. The number of amides is 1. The molecule has 1 unspecified atom stereocenters. The van der Waals surface area contributed by atoms with E-state index in [-0.39, 0.29) is 12.2 Å². The lowest BCUT2D eigenvalue weighted by Crippen LogP contribution is -2.24. The Morgan fingerprint density at radius 2 is 1.76 bits per heavy atom. The number of fused-ring (bicyclic) bond motifs is 1. The zero-order chi connectivity index (χ0) is 26.9. The van der Waals surface area contributed by atoms with Gasteiger partial charge >= 0.3 is 6.18 Å². The standard InChI is InChI=1S/C29H23F3N4O2/c30-29(31,32)19-9-7-17(8-10-19)21-4-1-2-5-23(21)28(38)36-20-11-12-22-18(14-20)16-35-27(22)26(37)15-25-24(33)6-3-13-34-25/h1-14,27,35H,15-16,33H2,(H,36,38). The van der Waals surface area contributed by atoms with E-state index < -0.39 is 23.7 Å². The summed E-state index contributed by atoms with van der Waals surface area (Å²) in [6.45, 7) is 0.454. The molecule has 0 bridgehead atoms.